The average Bonchev–Trinajstić information content (AvgIpc) is 2.82. The average molecular weight is 253 g/mol. The number of hydrogen-bond acceptors (Lipinski definition) is 3. The lowest BCUT2D eigenvalue weighted by Gasteiger charge is -2.14. The summed E-state index contributed by atoms with van der Waals surface area (Å²) < 4.78 is 1.79. The van der Waals surface area contributed by atoms with Gasteiger partial charge in [0, 0.05) is 6.42 Å². The first-order valence-electron chi connectivity index (χ1n) is 6.36. The summed E-state index contributed by atoms with van der Waals surface area (Å²) in [5.41, 5.74) is 4.62. The van der Waals surface area contributed by atoms with E-state index < -0.39 is 0 Å². The van der Waals surface area contributed by atoms with Crippen LogP contribution in [0.2, 0.25) is 0 Å². The molecule has 1 aliphatic rings. The largest absolute Gasteiger partial charge is 0.292 e. The Hall–Kier alpha value is -2.23. The Morgan fingerprint density at radius 3 is 2.89 bits per heavy atom. The molecule has 0 amide bonds. The van der Waals surface area contributed by atoms with Crippen LogP contribution in [0.15, 0.2) is 30.8 Å². The van der Waals surface area contributed by atoms with Crippen molar-refractivity contribution in [3.63, 3.8) is 0 Å². The first-order chi connectivity index (χ1) is 9.16. The summed E-state index contributed by atoms with van der Waals surface area (Å²) in [6.07, 6.45) is 1.20. The van der Waals surface area contributed by atoms with Crippen LogP contribution in [0.4, 0.5) is 0 Å². The monoisotopic (exact) mass is 253 g/mol. The third-order valence-electron chi connectivity index (χ3n) is 3.57. The summed E-state index contributed by atoms with van der Waals surface area (Å²) in [5, 5.41) is 8.14. The van der Waals surface area contributed by atoms with Crippen molar-refractivity contribution in [2.24, 2.45) is 0 Å². The molecule has 96 valence electrons. The Kier molecular flexibility index (Phi) is 2.78. The normalized spacial score (nSPS) is 14.6. The molecule has 1 aliphatic carbocycles. The summed E-state index contributed by atoms with van der Waals surface area (Å²) in [5.74, 6) is 0.0680. The minimum Gasteiger partial charge on any atom is -0.292 e. The van der Waals surface area contributed by atoms with Crippen LogP contribution in [0.5, 0.6) is 0 Å². The van der Waals surface area contributed by atoms with Gasteiger partial charge in [0.1, 0.15) is 0 Å². The molecule has 0 bridgehead atoms. The second-order valence-corrected chi connectivity index (χ2v) is 4.90. The number of hydrogen-bond donors (Lipinski definition) is 0. The van der Waals surface area contributed by atoms with Crippen molar-refractivity contribution in [3.8, 4) is 0 Å². The summed E-state index contributed by atoms with van der Waals surface area (Å²) in [6.45, 7) is 6.73. The number of nitrogens with zero attached hydrogens (tertiary/aromatic N) is 3. The lowest BCUT2D eigenvalue weighted by molar-refractivity contribution is 0.0975. The number of aryl methyl sites for hydroxylation is 1. The standard InChI is InChI=1S/C15H15N3O/c1-10-5-3-4-6-12(10)9-18-15-11(2)7-8-13(19)14(15)16-17-18/h3-6H,2,7-9H2,1H3. The molecule has 1 heterocycles. The van der Waals surface area contributed by atoms with E-state index in [9.17, 15) is 4.79 Å². The van der Waals surface area contributed by atoms with Gasteiger partial charge in [-0.05, 0) is 30.0 Å². The number of carbonyl (C=O) groups is 1. The molecule has 1 aromatic heterocycles. The third kappa shape index (κ3) is 1.99. The van der Waals surface area contributed by atoms with E-state index in [0.717, 1.165) is 11.3 Å². The van der Waals surface area contributed by atoms with Gasteiger partial charge in [-0.25, -0.2) is 4.68 Å². The third-order valence-corrected chi connectivity index (χ3v) is 3.57. The van der Waals surface area contributed by atoms with Gasteiger partial charge in [-0.15, -0.1) is 5.10 Å². The number of fused-ring (bicyclic) bond motifs is 1. The number of benzene rings is 1. The zero-order chi connectivity index (χ0) is 13.4. The van der Waals surface area contributed by atoms with E-state index in [1.54, 1.807) is 4.68 Å². The van der Waals surface area contributed by atoms with Crippen LogP contribution in [0.3, 0.4) is 0 Å². The van der Waals surface area contributed by atoms with Crippen molar-refractivity contribution in [3.05, 3.63) is 53.4 Å². The number of carbonyl (C=O) groups excluding carboxylic acids is 1. The highest BCUT2D eigenvalue weighted by Crippen LogP contribution is 2.28. The minimum absolute atomic E-state index is 0.0680. The van der Waals surface area contributed by atoms with Crippen molar-refractivity contribution in [1.82, 2.24) is 15.0 Å². The van der Waals surface area contributed by atoms with Crippen LogP contribution in [0.1, 0.15) is 40.2 Å². The lowest BCUT2D eigenvalue weighted by atomic mass is 9.95. The minimum atomic E-state index is 0.0680. The maximum atomic E-state index is 11.8. The van der Waals surface area contributed by atoms with Crippen LogP contribution >= 0.6 is 0 Å². The maximum Gasteiger partial charge on any atom is 0.185 e. The quantitative estimate of drug-likeness (QED) is 0.826. The molecule has 1 aromatic carbocycles. The van der Waals surface area contributed by atoms with E-state index in [0.29, 0.717) is 25.1 Å². The van der Waals surface area contributed by atoms with Crippen molar-refractivity contribution in [2.45, 2.75) is 26.3 Å². The predicted molar refractivity (Wildman–Crippen MR) is 72.9 cm³/mol. The van der Waals surface area contributed by atoms with Gasteiger partial charge in [0.05, 0.1) is 12.2 Å². The molecule has 4 heteroatoms. The van der Waals surface area contributed by atoms with Crippen LogP contribution in [0.25, 0.3) is 5.57 Å². The fourth-order valence-electron chi connectivity index (χ4n) is 2.41. The second-order valence-electron chi connectivity index (χ2n) is 4.90. The molecule has 0 aliphatic heterocycles. The molecule has 0 saturated carbocycles. The second kappa shape index (κ2) is 4.46. The SMILES string of the molecule is C=C1CCC(=O)c2nnn(Cc3ccccc3C)c21. The van der Waals surface area contributed by atoms with E-state index in [-0.39, 0.29) is 5.78 Å². The molecule has 0 spiro atoms. The van der Waals surface area contributed by atoms with Crippen LogP contribution < -0.4 is 0 Å². The Balaban J connectivity index is 2.02. The molecule has 0 radical (unpaired) electrons. The Morgan fingerprint density at radius 2 is 2.11 bits per heavy atom. The summed E-state index contributed by atoms with van der Waals surface area (Å²) >= 11 is 0. The van der Waals surface area contributed by atoms with Gasteiger partial charge < -0.3 is 0 Å². The molecule has 0 N–H and O–H groups in total. The van der Waals surface area contributed by atoms with Crippen molar-refractivity contribution in [2.75, 3.05) is 0 Å². The van der Waals surface area contributed by atoms with Crippen molar-refractivity contribution < 1.29 is 4.79 Å². The Labute approximate surface area is 111 Å². The van der Waals surface area contributed by atoms with Gasteiger partial charge >= 0.3 is 0 Å². The zero-order valence-electron chi connectivity index (χ0n) is 10.9. The molecule has 19 heavy (non-hydrogen) atoms. The highest BCUT2D eigenvalue weighted by atomic mass is 16.1. The lowest BCUT2D eigenvalue weighted by Crippen LogP contribution is -2.13. The van der Waals surface area contributed by atoms with Crippen LogP contribution in [-0.4, -0.2) is 20.8 Å². The van der Waals surface area contributed by atoms with Gasteiger partial charge in [0.25, 0.3) is 0 Å². The van der Waals surface area contributed by atoms with Crippen molar-refractivity contribution in [1.29, 1.82) is 0 Å². The first kappa shape index (κ1) is 11.8. The highest BCUT2D eigenvalue weighted by Gasteiger charge is 2.26. The Morgan fingerprint density at radius 1 is 1.32 bits per heavy atom. The fraction of sp³-hybridized carbons (Fsp3) is 0.267. The summed E-state index contributed by atoms with van der Waals surface area (Å²) in [6, 6.07) is 8.15. The maximum absolute atomic E-state index is 11.8. The van der Waals surface area contributed by atoms with Gasteiger partial charge in [0.15, 0.2) is 11.5 Å². The number of Topliss-reactive ketones (excluding diaryl/α,β-unsaturated/α-hetero) is 1. The van der Waals surface area contributed by atoms with Gasteiger partial charge in [-0.3, -0.25) is 4.79 Å². The molecule has 0 unspecified atom stereocenters. The van der Waals surface area contributed by atoms with E-state index in [4.69, 9.17) is 0 Å². The molecule has 3 rings (SSSR count). The molecule has 2 aromatic rings. The summed E-state index contributed by atoms with van der Waals surface area (Å²) in [7, 11) is 0. The number of rotatable bonds is 2. The van der Waals surface area contributed by atoms with Crippen molar-refractivity contribution >= 4 is 11.4 Å². The summed E-state index contributed by atoms with van der Waals surface area (Å²) in [4.78, 5) is 11.8. The smallest absolute Gasteiger partial charge is 0.185 e. The molecular formula is C15H15N3O. The molecule has 0 fully saturated rings. The van der Waals surface area contributed by atoms with Gasteiger partial charge in [0.2, 0.25) is 0 Å². The predicted octanol–water partition coefficient (Wildman–Crippen LogP) is 2.62. The van der Waals surface area contributed by atoms with E-state index in [2.05, 4.69) is 35.9 Å². The molecule has 4 nitrogen and oxygen atoms in total. The van der Waals surface area contributed by atoms with Crippen LogP contribution in [-0.2, 0) is 6.54 Å². The molecule has 0 atom stereocenters. The van der Waals surface area contributed by atoms with Crippen LogP contribution in [0, 0.1) is 6.92 Å². The van der Waals surface area contributed by atoms with Gasteiger partial charge in [-0.1, -0.05) is 36.1 Å². The highest BCUT2D eigenvalue weighted by molar-refractivity contribution is 6.01. The molecular weight excluding hydrogens is 238 g/mol. The topological polar surface area (TPSA) is 47.8 Å². The Bertz CT molecular complexity index is 670. The van der Waals surface area contributed by atoms with Gasteiger partial charge in [-0.2, -0.15) is 0 Å². The zero-order valence-corrected chi connectivity index (χ0v) is 10.9. The molecule has 0 saturated heterocycles. The van der Waals surface area contributed by atoms with E-state index >= 15 is 0 Å². The fourth-order valence-corrected chi connectivity index (χ4v) is 2.41. The first-order valence-corrected chi connectivity index (χ1v) is 6.36. The number of aromatic nitrogens is 3. The number of allylic oxidation sites excluding steroid dienone is 1. The van der Waals surface area contributed by atoms with E-state index in [1.165, 1.54) is 11.1 Å². The number of ketones is 1. The van der Waals surface area contributed by atoms with E-state index in [1.807, 2.05) is 12.1 Å².